The van der Waals surface area contributed by atoms with Crippen LogP contribution in [0.25, 0.3) is 0 Å². The molecular formula is C14H23N3. The molecule has 94 valence electrons. The average molecular weight is 233 g/mol. The molecule has 2 heterocycles. The largest absolute Gasteiger partial charge is 0.356 e. The van der Waals surface area contributed by atoms with Gasteiger partial charge in [-0.25, -0.2) is 4.98 Å². The molecule has 1 N–H and O–H groups in total. The molecule has 0 amide bonds. The van der Waals surface area contributed by atoms with Crippen LogP contribution < -0.4 is 10.2 Å². The third kappa shape index (κ3) is 2.97. The molecule has 2 rings (SSSR count). The Morgan fingerprint density at radius 3 is 2.94 bits per heavy atom. The number of nitrogens with zero attached hydrogens (tertiary/aromatic N) is 2. The summed E-state index contributed by atoms with van der Waals surface area (Å²) < 4.78 is 0. The van der Waals surface area contributed by atoms with Gasteiger partial charge in [-0.2, -0.15) is 0 Å². The van der Waals surface area contributed by atoms with Crippen molar-refractivity contribution < 1.29 is 0 Å². The topological polar surface area (TPSA) is 28.2 Å². The summed E-state index contributed by atoms with van der Waals surface area (Å²) >= 11 is 0. The molecule has 3 heteroatoms. The highest BCUT2D eigenvalue weighted by Gasteiger charge is 2.24. The van der Waals surface area contributed by atoms with Crippen LogP contribution in [0.1, 0.15) is 25.3 Å². The van der Waals surface area contributed by atoms with Crippen molar-refractivity contribution in [1.82, 2.24) is 10.3 Å². The summed E-state index contributed by atoms with van der Waals surface area (Å²) in [5.41, 5.74) is 1.23. The van der Waals surface area contributed by atoms with E-state index >= 15 is 0 Å². The fourth-order valence-corrected chi connectivity index (χ4v) is 2.51. The van der Waals surface area contributed by atoms with Crippen LogP contribution in [0, 0.1) is 12.8 Å². The van der Waals surface area contributed by atoms with Crippen molar-refractivity contribution in [3.8, 4) is 0 Å². The van der Waals surface area contributed by atoms with Gasteiger partial charge in [-0.05, 0) is 51.3 Å². The van der Waals surface area contributed by atoms with Crippen LogP contribution in [-0.2, 0) is 0 Å². The van der Waals surface area contributed by atoms with Gasteiger partial charge in [-0.1, -0.05) is 6.07 Å². The maximum atomic E-state index is 4.53. The van der Waals surface area contributed by atoms with Gasteiger partial charge < -0.3 is 10.2 Å². The smallest absolute Gasteiger partial charge is 0.128 e. The molecule has 1 fully saturated rings. The molecule has 0 aromatic carbocycles. The minimum Gasteiger partial charge on any atom is -0.356 e. The highest BCUT2D eigenvalue weighted by molar-refractivity contribution is 5.39. The Labute approximate surface area is 104 Å². The number of pyridine rings is 1. The van der Waals surface area contributed by atoms with Crippen LogP contribution in [0.15, 0.2) is 18.3 Å². The lowest BCUT2D eigenvalue weighted by Crippen LogP contribution is -2.43. The first-order chi connectivity index (χ1) is 8.20. The van der Waals surface area contributed by atoms with Crippen LogP contribution in [0.2, 0.25) is 0 Å². The van der Waals surface area contributed by atoms with E-state index in [1.54, 1.807) is 0 Å². The van der Waals surface area contributed by atoms with E-state index in [4.69, 9.17) is 0 Å². The highest BCUT2D eigenvalue weighted by Crippen LogP contribution is 2.23. The Kier molecular flexibility index (Phi) is 4.00. The Morgan fingerprint density at radius 2 is 2.29 bits per heavy atom. The fourth-order valence-electron chi connectivity index (χ4n) is 2.51. The Balaban J connectivity index is 2.04. The highest BCUT2D eigenvalue weighted by atomic mass is 15.2. The van der Waals surface area contributed by atoms with Gasteiger partial charge in [0, 0.05) is 25.3 Å². The van der Waals surface area contributed by atoms with Gasteiger partial charge in [0.25, 0.3) is 0 Å². The molecule has 1 aliphatic rings. The Morgan fingerprint density at radius 1 is 1.47 bits per heavy atom. The summed E-state index contributed by atoms with van der Waals surface area (Å²) in [4.78, 5) is 6.95. The van der Waals surface area contributed by atoms with Crippen molar-refractivity contribution in [2.24, 2.45) is 5.92 Å². The van der Waals surface area contributed by atoms with E-state index in [-0.39, 0.29) is 0 Å². The molecule has 1 aromatic rings. The molecule has 2 unspecified atom stereocenters. The number of piperidine rings is 1. The van der Waals surface area contributed by atoms with E-state index < -0.39 is 0 Å². The molecule has 0 saturated carbocycles. The number of aryl methyl sites for hydroxylation is 1. The lowest BCUT2D eigenvalue weighted by atomic mass is 9.91. The minimum atomic E-state index is 0.586. The first-order valence-corrected chi connectivity index (χ1v) is 6.55. The van der Waals surface area contributed by atoms with Crippen LogP contribution >= 0.6 is 0 Å². The quantitative estimate of drug-likeness (QED) is 0.867. The molecule has 2 atom stereocenters. The molecule has 1 aromatic heterocycles. The molecule has 0 spiro atoms. The SMILES string of the molecule is CNC(C)C1CCCN(c2ccc(C)cn2)C1. The Bertz CT molecular complexity index is 347. The summed E-state index contributed by atoms with van der Waals surface area (Å²) in [6.45, 7) is 6.62. The van der Waals surface area contributed by atoms with E-state index in [1.807, 2.05) is 13.2 Å². The normalized spacial score (nSPS) is 22.5. The van der Waals surface area contributed by atoms with Gasteiger partial charge >= 0.3 is 0 Å². The molecule has 0 bridgehead atoms. The number of hydrogen-bond acceptors (Lipinski definition) is 3. The number of anilines is 1. The second-order valence-corrected chi connectivity index (χ2v) is 5.12. The van der Waals surface area contributed by atoms with Crippen LogP contribution in [0.4, 0.5) is 5.82 Å². The van der Waals surface area contributed by atoms with E-state index in [9.17, 15) is 0 Å². The summed E-state index contributed by atoms with van der Waals surface area (Å²) in [6, 6.07) is 4.87. The van der Waals surface area contributed by atoms with Crippen molar-refractivity contribution in [3.05, 3.63) is 23.9 Å². The zero-order valence-electron chi connectivity index (χ0n) is 11.1. The van der Waals surface area contributed by atoms with Crippen molar-refractivity contribution in [2.45, 2.75) is 32.7 Å². The van der Waals surface area contributed by atoms with Gasteiger partial charge in [0.05, 0.1) is 0 Å². The Hall–Kier alpha value is -1.09. The van der Waals surface area contributed by atoms with Gasteiger partial charge in [0.2, 0.25) is 0 Å². The molecule has 17 heavy (non-hydrogen) atoms. The zero-order chi connectivity index (χ0) is 12.3. The fraction of sp³-hybridized carbons (Fsp3) is 0.643. The average Bonchev–Trinajstić information content (AvgIpc) is 2.39. The van der Waals surface area contributed by atoms with Crippen molar-refractivity contribution in [2.75, 3.05) is 25.0 Å². The van der Waals surface area contributed by atoms with Gasteiger partial charge in [0.15, 0.2) is 0 Å². The molecule has 0 aliphatic carbocycles. The monoisotopic (exact) mass is 233 g/mol. The molecular weight excluding hydrogens is 210 g/mol. The third-order valence-electron chi connectivity index (χ3n) is 3.84. The first kappa shape index (κ1) is 12.4. The van der Waals surface area contributed by atoms with Crippen molar-refractivity contribution >= 4 is 5.82 Å². The van der Waals surface area contributed by atoms with Crippen molar-refractivity contribution in [3.63, 3.8) is 0 Å². The maximum absolute atomic E-state index is 4.53. The second-order valence-electron chi connectivity index (χ2n) is 5.12. The summed E-state index contributed by atoms with van der Waals surface area (Å²) in [7, 11) is 2.05. The van der Waals surface area contributed by atoms with E-state index in [0.717, 1.165) is 24.8 Å². The molecule has 0 radical (unpaired) electrons. The third-order valence-corrected chi connectivity index (χ3v) is 3.84. The standard InChI is InChI=1S/C14H23N3/c1-11-6-7-14(16-9-11)17-8-4-5-13(10-17)12(2)15-3/h6-7,9,12-13,15H,4-5,8,10H2,1-3H3. The van der Waals surface area contributed by atoms with Gasteiger partial charge in [-0.15, -0.1) is 0 Å². The minimum absolute atomic E-state index is 0.586. The van der Waals surface area contributed by atoms with E-state index in [2.05, 4.69) is 41.2 Å². The summed E-state index contributed by atoms with van der Waals surface area (Å²) in [5, 5.41) is 3.37. The molecule has 1 aliphatic heterocycles. The zero-order valence-corrected chi connectivity index (χ0v) is 11.1. The number of hydrogen-bond donors (Lipinski definition) is 1. The molecule has 3 nitrogen and oxygen atoms in total. The lowest BCUT2D eigenvalue weighted by Gasteiger charge is -2.36. The van der Waals surface area contributed by atoms with E-state index in [0.29, 0.717) is 6.04 Å². The maximum Gasteiger partial charge on any atom is 0.128 e. The summed E-state index contributed by atoms with van der Waals surface area (Å²) in [5.74, 6) is 1.86. The van der Waals surface area contributed by atoms with Crippen LogP contribution in [0.5, 0.6) is 0 Å². The van der Waals surface area contributed by atoms with E-state index in [1.165, 1.54) is 18.4 Å². The lowest BCUT2D eigenvalue weighted by molar-refractivity contribution is 0.332. The van der Waals surface area contributed by atoms with Crippen LogP contribution in [-0.4, -0.2) is 31.2 Å². The van der Waals surface area contributed by atoms with Crippen molar-refractivity contribution in [1.29, 1.82) is 0 Å². The number of nitrogens with one attached hydrogen (secondary N) is 1. The van der Waals surface area contributed by atoms with Gasteiger partial charge in [-0.3, -0.25) is 0 Å². The van der Waals surface area contributed by atoms with Gasteiger partial charge in [0.1, 0.15) is 5.82 Å². The predicted octanol–water partition coefficient (Wildman–Crippen LogP) is 2.21. The summed E-state index contributed by atoms with van der Waals surface area (Å²) in [6.07, 6.45) is 4.55. The predicted molar refractivity (Wildman–Crippen MR) is 72.4 cm³/mol. The first-order valence-electron chi connectivity index (χ1n) is 6.55. The second kappa shape index (κ2) is 5.50. The number of aromatic nitrogens is 1. The molecule has 1 saturated heterocycles. The van der Waals surface area contributed by atoms with Crippen LogP contribution in [0.3, 0.4) is 0 Å². The number of rotatable bonds is 3.